The number of carbonyl (C=O) groups is 1. The van der Waals surface area contributed by atoms with Crippen LogP contribution in [0.15, 0.2) is 0 Å². The Bertz CT molecular complexity index is 213. The highest BCUT2D eigenvalue weighted by molar-refractivity contribution is 5.76. The van der Waals surface area contributed by atoms with Crippen molar-refractivity contribution in [1.29, 1.82) is 0 Å². The third kappa shape index (κ3) is 15.3. The van der Waals surface area contributed by atoms with Crippen LogP contribution in [0.4, 0.5) is 0 Å². The van der Waals surface area contributed by atoms with Crippen LogP contribution in [0, 0.1) is 0 Å². The quantitative estimate of drug-likeness (QED) is 0.469. The molecule has 0 radical (unpaired) electrons. The van der Waals surface area contributed by atoms with Crippen LogP contribution in [-0.2, 0) is 19.0 Å². The van der Waals surface area contributed by atoms with Crippen LogP contribution in [-0.4, -0.2) is 65.2 Å². The lowest BCUT2D eigenvalue weighted by atomic mass is 10.3. The minimum atomic E-state index is 0.0787. The molecule has 0 rings (SSSR count). The molecule has 0 spiro atoms. The van der Waals surface area contributed by atoms with Crippen LogP contribution in [0.3, 0.4) is 0 Å². The molecule has 114 valence electrons. The molecule has 0 saturated heterocycles. The Labute approximate surface area is 116 Å². The summed E-state index contributed by atoms with van der Waals surface area (Å²) in [6.45, 7) is 8.32. The van der Waals surface area contributed by atoms with Crippen molar-refractivity contribution in [3.8, 4) is 0 Å². The van der Waals surface area contributed by atoms with Gasteiger partial charge in [0, 0.05) is 32.7 Å². The second-order valence-electron chi connectivity index (χ2n) is 4.44. The number of amides is 1. The van der Waals surface area contributed by atoms with Crippen molar-refractivity contribution < 1.29 is 19.0 Å². The Morgan fingerprint density at radius 2 is 1.63 bits per heavy atom. The Morgan fingerprint density at radius 1 is 1.00 bits per heavy atom. The van der Waals surface area contributed by atoms with Gasteiger partial charge in [0.15, 0.2) is 0 Å². The predicted octanol–water partition coefficient (Wildman–Crippen LogP) is 0.170. The summed E-state index contributed by atoms with van der Waals surface area (Å²) in [5, 5.41) is 6.00. The van der Waals surface area contributed by atoms with Gasteiger partial charge in [-0.25, -0.2) is 0 Å². The molecular weight excluding hydrogens is 248 g/mol. The third-order valence-electron chi connectivity index (χ3n) is 2.21. The summed E-state index contributed by atoms with van der Waals surface area (Å²) < 4.78 is 15.5. The summed E-state index contributed by atoms with van der Waals surface area (Å²) in [5.41, 5.74) is 0. The van der Waals surface area contributed by atoms with Crippen LogP contribution in [0.5, 0.6) is 0 Å². The van der Waals surface area contributed by atoms with E-state index in [1.165, 1.54) is 0 Å². The molecule has 0 aromatic carbocycles. The fraction of sp³-hybridized carbons (Fsp3) is 0.923. The van der Waals surface area contributed by atoms with E-state index in [1.807, 2.05) is 13.8 Å². The average Bonchev–Trinajstić information content (AvgIpc) is 2.35. The zero-order valence-corrected chi connectivity index (χ0v) is 12.4. The van der Waals surface area contributed by atoms with Crippen molar-refractivity contribution >= 4 is 5.91 Å². The summed E-state index contributed by atoms with van der Waals surface area (Å²) in [6.07, 6.45) is 0.498. The zero-order valence-electron chi connectivity index (χ0n) is 12.4. The standard InChI is InChI=1S/C13H28N2O4/c1-12(2)15-13(16)4-5-14-6-7-18-10-11-19-9-8-17-3/h12,14H,4-11H2,1-3H3,(H,15,16). The Balaban J connectivity index is 3.08. The molecule has 0 heterocycles. The van der Waals surface area contributed by atoms with Crippen LogP contribution in [0.2, 0.25) is 0 Å². The Morgan fingerprint density at radius 3 is 2.26 bits per heavy atom. The van der Waals surface area contributed by atoms with Gasteiger partial charge in [-0.2, -0.15) is 0 Å². The highest BCUT2D eigenvalue weighted by Crippen LogP contribution is 1.83. The molecule has 2 N–H and O–H groups in total. The van der Waals surface area contributed by atoms with E-state index in [9.17, 15) is 4.79 Å². The van der Waals surface area contributed by atoms with E-state index in [4.69, 9.17) is 14.2 Å². The van der Waals surface area contributed by atoms with E-state index in [-0.39, 0.29) is 11.9 Å². The van der Waals surface area contributed by atoms with Gasteiger partial charge in [0.05, 0.1) is 33.0 Å². The SMILES string of the molecule is COCCOCCOCCNCCC(=O)NC(C)C. The van der Waals surface area contributed by atoms with Crippen molar-refractivity contribution in [2.75, 3.05) is 53.2 Å². The maximum atomic E-state index is 11.3. The van der Waals surface area contributed by atoms with Crippen molar-refractivity contribution in [3.05, 3.63) is 0 Å². The predicted molar refractivity (Wildman–Crippen MR) is 74.3 cm³/mol. The number of methoxy groups -OCH3 is 1. The lowest BCUT2D eigenvalue weighted by Gasteiger charge is -2.09. The monoisotopic (exact) mass is 276 g/mol. The normalized spacial score (nSPS) is 10.9. The summed E-state index contributed by atoms with van der Waals surface area (Å²) in [6, 6.07) is 0.203. The van der Waals surface area contributed by atoms with E-state index in [0.717, 1.165) is 6.54 Å². The minimum Gasteiger partial charge on any atom is -0.382 e. The first-order chi connectivity index (χ1) is 9.16. The van der Waals surface area contributed by atoms with Crippen LogP contribution in [0.25, 0.3) is 0 Å². The van der Waals surface area contributed by atoms with Gasteiger partial charge < -0.3 is 24.8 Å². The maximum absolute atomic E-state index is 11.3. The highest BCUT2D eigenvalue weighted by atomic mass is 16.5. The Kier molecular flexibility index (Phi) is 13.2. The van der Waals surface area contributed by atoms with Crippen LogP contribution in [0.1, 0.15) is 20.3 Å². The van der Waals surface area contributed by atoms with Crippen molar-refractivity contribution in [3.63, 3.8) is 0 Å². The first-order valence-corrected chi connectivity index (χ1v) is 6.81. The Hall–Kier alpha value is -0.690. The first kappa shape index (κ1) is 18.3. The number of ether oxygens (including phenoxy) is 3. The van der Waals surface area contributed by atoms with E-state index >= 15 is 0 Å². The van der Waals surface area contributed by atoms with Crippen LogP contribution < -0.4 is 10.6 Å². The van der Waals surface area contributed by atoms with Gasteiger partial charge in [-0.1, -0.05) is 0 Å². The molecule has 0 aliphatic rings. The van der Waals surface area contributed by atoms with Gasteiger partial charge in [0.25, 0.3) is 0 Å². The summed E-state index contributed by atoms with van der Waals surface area (Å²) in [5.74, 6) is 0.0787. The van der Waals surface area contributed by atoms with E-state index in [1.54, 1.807) is 7.11 Å². The number of rotatable bonds is 13. The fourth-order valence-corrected chi connectivity index (χ4v) is 1.33. The molecule has 0 atom stereocenters. The lowest BCUT2D eigenvalue weighted by molar-refractivity contribution is -0.121. The van der Waals surface area contributed by atoms with E-state index in [2.05, 4.69) is 10.6 Å². The first-order valence-electron chi connectivity index (χ1n) is 6.81. The molecule has 6 nitrogen and oxygen atoms in total. The molecule has 6 heteroatoms. The van der Waals surface area contributed by atoms with Crippen LogP contribution >= 0.6 is 0 Å². The zero-order chi connectivity index (χ0) is 14.3. The summed E-state index contributed by atoms with van der Waals surface area (Å²) in [7, 11) is 1.65. The summed E-state index contributed by atoms with van der Waals surface area (Å²) in [4.78, 5) is 11.3. The van der Waals surface area contributed by atoms with Gasteiger partial charge >= 0.3 is 0 Å². The lowest BCUT2D eigenvalue weighted by Crippen LogP contribution is -2.33. The summed E-state index contributed by atoms with van der Waals surface area (Å²) >= 11 is 0. The maximum Gasteiger partial charge on any atom is 0.221 e. The molecule has 0 aromatic heterocycles. The molecule has 0 aromatic rings. The largest absolute Gasteiger partial charge is 0.382 e. The average molecular weight is 276 g/mol. The van der Waals surface area contributed by atoms with Gasteiger partial charge in [-0.05, 0) is 13.8 Å². The van der Waals surface area contributed by atoms with Gasteiger partial charge in [-0.3, -0.25) is 4.79 Å². The topological polar surface area (TPSA) is 68.8 Å². The van der Waals surface area contributed by atoms with Gasteiger partial charge in [-0.15, -0.1) is 0 Å². The van der Waals surface area contributed by atoms with E-state index in [0.29, 0.717) is 46.0 Å². The fourth-order valence-electron chi connectivity index (χ4n) is 1.33. The number of hydrogen-bond donors (Lipinski definition) is 2. The van der Waals surface area contributed by atoms with Crippen molar-refractivity contribution in [2.45, 2.75) is 26.3 Å². The number of hydrogen-bond acceptors (Lipinski definition) is 5. The number of carbonyl (C=O) groups excluding carboxylic acids is 1. The highest BCUT2D eigenvalue weighted by Gasteiger charge is 2.01. The number of nitrogens with one attached hydrogen (secondary N) is 2. The van der Waals surface area contributed by atoms with Crippen molar-refractivity contribution in [2.24, 2.45) is 0 Å². The smallest absolute Gasteiger partial charge is 0.221 e. The molecule has 0 aliphatic carbocycles. The molecule has 1 amide bonds. The van der Waals surface area contributed by atoms with E-state index < -0.39 is 0 Å². The molecule has 19 heavy (non-hydrogen) atoms. The van der Waals surface area contributed by atoms with Gasteiger partial charge in [0.2, 0.25) is 5.91 Å². The molecular formula is C13H28N2O4. The molecule has 0 aliphatic heterocycles. The molecule has 0 unspecified atom stereocenters. The second kappa shape index (κ2) is 13.7. The van der Waals surface area contributed by atoms with Gasteiger partial charge in [0.1, 0.15) is 0 Å². The molecule has 0 saturated carbocycles. The minimum absolute atomic E-state index is 0.0787. The second-order valence-corrected chi connectivity index (χ2v) is 4.44. The molecule has 0 bridgehead atoms. The third-order valence-corrected chi connectivity index (χ3v) is 2.21. The molecule has 0 fully saturated rings. The van der Waals surface area contributed by atoms with Crippen molar-refractivity contribution in [1.82, 2.24) is 10.6 Å².